The molecule has 1 unspecified atom stereocenters. The lowest BCUT2D eigenvalue weighted by Crippen LogP contribution is -2.11. The molecule has 1 atom stereocenters. The van der Waals surface area contributed by atoms with Crippen LogP contribution in [-0.4, -0.2) is 33.0 Å². The van der Waals surface area contributed by atoms with Crippen molar-refractivity contribution in [2.75, 3.05) is 13.4 Å². The third kappa shape index (κ3) is 6.62. The second-order valence-corrected chi connectivity index (χ2v) is 10.3. The predicted molar refractivity (Wildman–Crippen MR) is 127 cm³/mol. The van der Waals surface area contributed by atoms with Gasteiger partial charge in [-0.05, 0) is 28.5 Å². The molecule has 0 aliphatic rings. The van der Waals surface area contributed by atoms with Crippen LogP contribution in [0, 0.1) is 0 Å². The third-order valence-corrected chi connectivity index (χ3v) is 6.57. The minimum Gasteiger partial charge on any atom is -0.496 e. The Labute approximate surface area is 212 Å². The molecule has 196 valence electrons. The molecule has 0 aliphatic heterocycles. The van der Waals surface area contributed by atoms with Gasteiger partial charge < -0.3 is 9.47 Å². The largest absolute Gasteiger partial charge is 0.496 e. The third-order valence-electron chi connectivity index (χ3n) is 4.89. The molecular formula is C22H19F3N3O7S2+. The predicted octanol–water partition coefficient (Wildman–Crippen LogP) is 4.79. The van der Waals surface area contributed by atoms with Crippen LogP contribution >= 0.6 is 11.3 Å². The van der Waals surface area contributed by atoms with E-state index in [0.717, 1.165) is 29.7 Å². The number of nitrogens with one attached hydrogen (secondary N) is 1. The average molecular weight is 559 g/mol. The number of aromatic nitrogens is 3. The smallest absolute Gasteiger partial charge is 0.439 e. The average Bonchev–Trinajstić information content (AvgIpc) is 3.46. The molecule has 4 aromatic rings. The molecule has 10 nitrogen and oxygen atoms in total. The fraction of sp³-hybridized carbons (Fsp3) is 0.227. The number of hydrogen-bond acceptors (Lipinski definition) is 9. The first-order valence-corrected chi connectivity index (χ1v) is 13.0. The van der Waals surface area contributed by atoms with Gasteiger partial charge in [0.1, 0.15) is 29.7 Å². The highest BCUT2D eigenvalue weighted by Gasteiger charge is 2.30. The Balaban J connectivity index is 1.58. The van der Waals surface area contributed by atoms with Gasteiger partial charge in [-0.1, -0.05) is 17.3 Å². The topological polar surface area (TPSA) is 137 Å². The van der Waals surface area contributed by atoms with E-state index in [1.165, 1.54) is 19.2 Å². The maximum atomic E-state index is 12.9. The molecule has 0 aliphatic carbocycles. The number of thiazole rings is 1. The number of nitrogens with zero attached hydrogens (tertiary/aromatic N) is 2. The zero-order valence-corrected chi connectivity index (χ0v) is 20.8. The molecule has 2 heterocycles. The maximum absolute atomic E-state index is 12.9. The molecule has 0 spiro atoms. The van der Waals surface area contributed by atoms with Gasteiger partial charge in [-0.15, -0.1) is 15.5 Å². The van der Waals surface area contributed by atoms with Crippen LogP contribution in [0.3, 0.4) is 0 Å². The molecule has 0 saturated carbocycles. The van der Waals surface area contributed by atoms with Crippen LogP contribution in [0.4, 0.5) is 13.2 Å². The highest BCUT2D eigenvalue weighted by Crippen LogP contribution is 2.35. The fourth-order valence-corrected chi connectivity index (χ4v) is 4.46. The van der Waals surface area contributed by atoms with E-state index >= 15 is 0 Å². The number of H-pyrrole nitrogens is 1. The van der Waals surface area contributed by atoms with E-state index in [-0.39, 0.29) is 19.0 Å². The Hall–Kier alpha value is -3.53. The molecule has 0 amide bonds. The number of halogens is 3. The summed E-state index contributed by atoms with van der Waals surface area (Å²) in [5.41, 5.74) is 0.391. The van der Waals surface area contributed by atoms with E-state index in [0.29, 0.717) is 38.2 Å². The number of benzene rings is 2. The summed E-state index contributed by atoms with van der Waals surface area (Å²) in [7, 11) is -2.10. The van der Waals surface area contributed by atoms with E-state index in [2.05, 4.69) is 19.6 Å². The molecule has 2 aromatic heterocycles. The molecule has 4 rings (SSSR count). The number of methoxy groups -OCH3 is 1. The summed E-state index contributed by atoms with van der Waals surface area (Å²) in [5.74, 6) is 0.166. The lowest BCUT2D eigenvalue weighted by molar-refractivity contribution is -0.137. The van der Waals surface area contributed by atoms with Crippen LogP contribution in [0.2, 0.25) is 0 Å². The van der Waals surface area contributed by atoms with Crippen molar-refractivity contribution in [1.82, 2.24) is 15.1 Å². The lowest BCUT2D eigenvalue weighted by atomic mass is 10.1. The normalized spacial score (nSPS) is 13.4. The molecule has 0 bridgehead atoms. The van der Waals surface area contributed by atoms with E-state index in [1.807, 2.05) is 0 Å². The molecule has 2 N–H and O–H groups in total. The van der Waals surface area contributed by atoms with Crippen molar-refractivity contribution < 1.29 is 40.1 Å². The van der Waals surface area contributed by atoms with Gasteiger partial charge in [0.15, 0.2) is 12.1 Å². The Bertz CT molecular complexity index is 1490. The van der Waals surface area contributed by atoms with Crippen molar-refractivity contribution in [3.8, 4) is 33.5 Å². The van der Waals surface area contributed by atoms with Gasteiger partial charge in [-0.3, -0.25) is 9.51 Å². The Kier molecular flexibility index (Phi) is 7.49. The molecule has 0 fully saturated rings. The summed E-state index contributed by atoms with van der Waals surface area (Å²) < 4.78 is 80.5. The summed E-state index contributed by atoms with van der Waals surface area (Å²) in [6, 6.07) is 9.25. The van der Waals surface area contributed by atoms with Gasteiger partial charge in [0, 0.05) is 11.6 Å². The molecule has 2 aromatic carbocycles. The van der Waals surface area contributed by atoms with E-state index < -0.39 is 28.0 Å². The van der Waals surface area contributed by atoms with Crippen LogP contribution in [0.5, 0.6) is 11.5 Å². The number of rotatable bonds is 9. The molecule has 15 heteroatoms. The van der Waals surface area contributed by atoms with Crippen LogP contribution in [-0.2, 0) is 38.3 Å². The molecule has 0 saturated heterocycles. The maximum Gasteiger partial charge on any atom is 0.439 e. The van der Waals surface area contributed by atoms with Gasteiger partial charge in [-0.25, -0.2) is 9.78 Å². The van der Waals surface area contributed by atoms with Crippen LogP contribution < -0.4 is 15.2 Å². The van der Waals surface area contributed by atoms with Gasteiger partial charge in [-0.2, -0.15) is 17.7 Å². The second-order valence-electron chi connectivity index (χ2n) is 7.55. The lowest BCUT2D eigenvalue weighted by Gasteiger charge is -2.10. The number of ether oxygens (including phenoxy) is 2. The summed E-state index contributed by atoms with van der Waals surface area (Å²) in [4.78, 5) is 18.6. The van der Waals surface area contributed by atoms with Gasteiger partial charge >= 0.3 is 22.4 Å². The summed E-state index contributed by atoms with van der Waals surface area (Å²) in [5, 5.41) is 4.01. The van der Waals surface area contributed by atoms with Crippen molar-refractivity contribution in [3.63, 3.8) is 0 Å². The van der Waals surface area contributed by atoms with Crippen molar-refractivity contribution in [3.05, 3.63) is 69.1 Å². The number of alkyl halides is 3. The first-order valence-electron chi connectivity index (χ1n) is 10.3. The second kappa shape index (κ2) is 10.5. The zero-order chi connectivity index (χ0) is 26.8. The fourth-order valence-electron chi connectivity index (χ4n) is 3.15. The SMILES string of the molecule is COc1cc(OCc2sc(-c3ccc(C(F)(F)F)cc3)nc2CO[S+](C)(=O)O)ccc1-c1noc(=O)[nH]1. The Morgan fingerprint density at radius 3 is 2.49 bits per heavy atom. The summed E-state index contributed by atoms with van der Waals surface area (Å²) in [6.07, 6.45) is -3.47. The van der Waals surface area contributed by atoms with Crippen molar-refractivity contribution in [1.29, 1.82) is 0 Å². The van der Waals surface area contributed by atoms with Crippen molar-refractivity contribution in [2.24, 2.45) is 0 Å². The summed E-state index contributed by atoms with van der Waals surface area (Å²) >= 11 is 1.14. The Morgan fingerprint density at radius 2 is 1.89 bits per heavy atom. The number of aromatic amines is 1. The monoisotopic (exact) mass is 558 g/mol. The molecule has 0 radical (unpaired) electrons. The van der Waals surface area contributed by atoms with E-state index in [1.54, 1.807) is 18.2 Å². The first-order chi connectivity index (χ1) is 17.4. The standard InChI is InChI=1S/C22H18F3N3O7S2/c1-32-17-9-14(7-8-15(17)19-27-21(29)35-28-19)33-11-18-16(10-34-37(2,30)31)26-20(36-18)12-3-5-13(6-4-12)22(23,24)25/h3-9H,10-11H2,1-2H3,(H-,27,28,29,30,31)/p+1. The highest BCUT2D eigenvalue weighted by atomic mass is 32.3. The van der Waals surface area contributed by atoms with Crippen molar-refractivity contribution >= 4 is 21.8 Å². The summed E-state index contributed by atoms with van der Waals surface area (Å²) in [6.45, 7) is -0.347. The van der Waals surface area contributed by atoms with Crippen LogP contribution in [0.25, 0.3) is 22.0 Å². The van der Waals surface area contributed by atoms with Crippen molar-refractivity contribution in [2.45, 2.75) is 19.4 Å². The van der Waals surface area contributed by atoms with E-state index in [9.17, 15) is 26.7 Å². The minimum atomic E-state index is -4.47. The number of hydrogen-bond donors (Lipinski definition) is 2. The van der Waals surface area contributed by atoms with Gasteiger partial charge in [0.2, 0.25) is 0 Å². The van der Waals surface area contributed by atoms with Gasteiger partial charge in [0.05, 0.1) is 28.8 Å². The zero-order valence-electron chi connectivity index (χ0n) is 19.2. The Morgan fingerprint density at radius 1 is 1.16 bits per heavy atom. The molecular weight excluding hydrogens is 539 g/mol. The minimum absolute atomic E-state index is 0.0311. The first kappa shape index (κ1) is 26.5. The van der Waals surface area contributed by atoms with E-state index in [4.69, 9.17) is 13.7 Å². The quantitative estimate of drug-likeness (QED) is 0.278. The molecule has 37 heavy (non-hydrogen) atoms. The van der Waals surface area contributed by atoms with Crippen LogP contribution in [0.1, 0.15) is 16.1 Å². The van der Waals surface area contributed by atoms with Gasteiger partial charge in [0.25, 0.3) is 0 Å². The highest BCUT2D eigenvalue weighted by molar-refractivity contribution is 7.92. The van der Waals surface area contributed by atoms with Crippen LogP contribution in [0.15, 0.2) is 51.8 Å².